The van der Waals surface area contributed by atoms with Gasteiger partial charge in [-0.2, -0.15) is 0 Å². The molecule has 0 aromatic heterocycles. The summed E-state index contributed by atoms with van der Waals surface area (Å²) in [5.74, 6) is -3.14. The number of carbonyl (C=O) groups is 4. The van der Waals surface area contributed by atoms with E-state index >= 15 is 0 Å². The highest BCUT2D eigenvalue weighted by Crippen LogP contribution is 2.56. The number of halogens is 1. The predicted octanol–water partition coefficient (Wildman–Crippen LogP) is 4.35. The molecule has 0 aliphatic carbocycles. The number of carbonyl (C=O) groups excluding carboxylic acids is 4. The van der Waals surface area contributed by atoms with Crippen molar-refractivity contribution >= 4 is 40.7 Å². The van der Waals surface area contributed by atoms with E-state index in [1.165, 1.54) is 24.0 Å². The SMILES string of the molecule is CC(=O)Nc1ccc(N2C(=O)[C@@H]3[C@@H](C2=O)[C@]2(N[C@@H]3CC(C)C)C(=O)N(Cc3ccc(F)cc3)c3ccccc32)cc1. The molecule has 3 aliphatic heterocycles. The Hall–Kier alpha value is -4.37. The molecule has 3 heterocycles. The van der Waals surface area contributed by atoms with Crippen LogP contribution in [0.5, 0.6) is 0 Å². The Bertz CT molecular complexity index is 1550. The smallest absolute Gasteiger partial charge is 0.253 e. The van der Waals surface area contributed by atoms with E-state index < -0.39 is 29.3 Å². The van der Waals surface area contributed by atoms with Crippen molar-refractivity contribution in [2.24, 2.45) is 17.8 Å². The number of anilines is 3. The number of benzene rings is 3. The van der Waals surface area contributed by atoms with Gasteiger partial charge in [-0.05, 0) is 60.4 Å². The van der Waals surface area contributed by atoms with Crippen molar-refractivity contribution in [3.8, 4) is 0 Å². The lowest BCUT2D eigenvalue weighted by Gasteiger charge is -2.31. The fourth-order valence-corrected chi connectivity index (χ4v) is 6.74. The van der Waals surface area contributed by atoms with Gasteiger partial charge in [0, 0.05) is 29.9 Å². The van der Waals surface area contributed by atoms with E-state index in [-0.39, 0.29) is 36.0 Å². The maximum Gasteiger partial charge on any atom is 0.253 e. The van der Waals surface area contributed by atoms with Gasteiger partial charge in [-0.3, -0.25) is 24.5 Å². The van der Waals surface area contributed by atoms with Crippen LogP contribution in [-0.4, -0.2) is 29.7 Å². The van der Waals surface area contributed by atoms with E-state index in [0.717, 1.165) is 5.56 Å². The van der Waals surface area contributed by atoms with E-state index in [4.69, 9.17) is 0 Å². The third-order valence-electron chi connectivity index (χ3n) is 8.29. The second-order valence-electron chi connectivity index (χ2n) is 11.5. The molecule has 6 rings (SSSR count). The van der Waals surface area contributed by atoms with E-state index in [1.807, 2.05) is 38.1 Å². The predicted molar refractivity (Wildman–Crippen MR) is 152 cm³/mol. The standard InChI is InChI=1S/C32H31FN4O4/c1-18(2)16-25-27-28(30(40)37(29(27)39)23-14-12-22(13-15-23)34-19(3)38)32(35-25)24-6-4-5-7-26(24)36(31(32)41)17-20-8-10-21(33)11-9-20/h4-15,18,25,27-28,35H,16-17H2,1-3H3,(H,34,38)/t25-,27+,28+,32+/m1/s1. The minimum atomic E-state index is -1.42. The number of fused-ring (bicyclic) bond motifs is 4. The Labute approximate surface area is 237 Å². The van der Waals surface area contributed by atoms with Crippen LogP contribution in [0.1, 0.15) is 38.3 Å². The Morgan fingerprint density at radius 3 is 2.32 bits per heavy atom. The van der Waals surface area contributed by atoms with Gasteiger partial charge in [-0.25, -0.2) is 9.29 Å². The number of hydrogen-bond acceptors (Lipinski definition) is 5. The summed E-state index contributed by atoms with van der Waals surface area (Å²) >= 11 is 0. The molecule has 9 heteroatoms. The molecule has 3 aliphatic rings. The van der Waals surface area contributed by atoms with Gasteiger partial charge >= 0.3 is 0 Å². The lowest BCUT2D eigenvalue weighted by Crippen LogP contribution is -2.55. The lowest BCUT2D eigenvalue weighted by atomic mass is 9.76. The first-order valence-corrected chi connectivity index (χ1v) is 13.8. The normalized spacial score (nSPS) is 24.9. The molecule has 8 nitrogen and oxygen atoms in total. The summed E-state index contributed by atoms with van der Waals surface area (Å²) in [5, 5.41) is 6.22. The van der Waals surface area contributed by atoms with Crippen molar-refractivity contribution in [2.45, 2.75) is 45.3 Å². The zero-order valence-corrected chi connectivity index (χ0v) is 23.1. The van der Waals surface area contributed by atoms with Crippen LogP contribution in [-0.2, 0) is 31.3 Å². The zero-order valence-electron chi connectivity index (χ0n) is 23.1. The molecule has 3 aromatic rings. The minimum Gasteiger partial charge on any atom is -0.326 e. The van der Waals surface area contributed by atoms with Crippen molar-refractivity contribution in [1.82, 2.24) is 5.32 Å². The molecule has 2 fully saturated rings. The number of amides is 4. The summed E-state index contributed by atoms with van der Waals surface area (Å²) in [6.45, 7) is 5.70. The number of imide groups is 1. The van der Waals surface area contributed by atoms with Crippen molar-refractivity contribution in [1.29, 1.82) is 0 Å². The maximum absolute atomic E-state index is 14.5. The van der Waals surface area contributed by atoms with Gasteiger partial charge in [0.05, 0.1) is 24.1 Å². The summed E-state index contributed by atoms with van der Waals surface area (Å²) in [4.78, 5) is 57.2. The molecule has 0 radical (unpaired) electrons. The summed E-state index contributed by atoms with van der Waals surface area (Å²) in [6.07, 6.45) is 0.602. The van der Waals surface area contributed by atoms with Crippen LogP contribution in [0.3, 0.4) is 0 Å². The van der Waals surface area contributed by atoms with Gasteiger partial charge in [-0.1, -0.05) is 44.2 Å². The first-order chi connectivity index (χ1) is 19.6. The molecule has 4 amide bonds. The Morgan fingerprint density at radius 1 is 0.976 bits per heavy atom. The van der Waals surface area contributed by atoms with Crippen molar-refractivity contribution in [3.05, 3.63) is 89.7 Å². The molecule has 1 spiro atoms. The summed E-state index contributed by atoms with van der Waals surface area (Å²) < 4.78 is 13.6. The van der Waals surface area contributed by atoms with Crippen LogP contribution in [0, 0.1) is 23.6 Å². The van der Waals surface area contributed by atoms with Gasteiger partial charge in [0.25, 0.3) is 5.91 Å². The fourth-order valence-electron chi connectivity index (χ4n) is 6.74. The first-order valence-electron chi connectivity index (χ1n) is 13.8. The van der Waals surface area contributed by atoms with Crippen molar-refractivity contribution in [3.63, 3.8) is 0 Å². The molecular weight excluding hydrogens is 523 g/mol. The van der Waals surface area contributed by atoms with Gasteiger partial charge in [-0.15, -0.1) is 0 Å². The quantitative estimate of drug-likeness (QED) is 0.442. The highest BCUT2D eigenvalue weighted by atomic mass is 19.1. The van der Waals surface area contributed by atoms with Crippen LogP contribution >= 0.6 is 0 Å². The lowest BCUT2D eigenvalue weighted by molar-refractivity contribution is -0.132. The average molecular weight is 555 g/mol. The van der Waals surface area contributed by atoms with E-state index in [0.29, 0.717) is 29.0 Å². The Kier molecular flexibility index (Phi) is 6.49. The Balaban J connectivity index is 1.43. The molecule has 2 N–H and O–H groups in total. The fraction of sp³-hybridized carbons (Fsp3) is 0.312. The zero-order chi connectivity index (χ0) is 29.1. The highest BCUT2D eigenvalue weighted by Gasteiger charge is 2.71. The largest absolute Gasteiger partial charge is 0.326 e. The third kappa shape index (κ3) is 4.23. The topological polar surface area (TPSA) is 98.8 Å². The van der Waals surface area contributed by atoms with E-state index in [9.17, 15) is 23.6 Å². The minimum absolute atomic E-state index is 0.197. The molecule has 4 atom stereocenters. The summed E-state index contributed by atoms with van der Waals surface area (Å²) in [7, 11) is 0. The molecule has 0 bridgehead atoms. The second kappa shape index (κ2) is 9.92. The molecule has 210 valence electrons. The van der Waals surface area contributed by atoms with Crippen LogP contribution < -0.4 is 20.4 Å². The monoisotopic (exact) mass is 554 g/mol. The average Bonchev–Trinajstić information content (AvgIpc) is 3.49. The first kappa shape index (κ1) is 26.8. The van der Waals surface area contributed by atoms with Gasteiger partial charge in [0.15, 0.2) is 0 Å². The van der Waals surface area contributed by atoms with E-state index in [2.05, 4.69) is 10.6 Å². The Morgan fingerprint density at radius 2 is 1.66 bits per heavy atom. The van der Waals surface area contributed by atoms with Crippen LogP contribution in [0.15, 0.2) is 72.8 Å². The van der Waals surface area contributed by atoms with Crippen LogP contribution in [0.25, 0.3) is 0 Å². The molecule has 2 saturated heterocycles. The van der Waals surface area contributed by atoms with Gasteiger partial charge in [0.2, 0.25) is 17.7 Å². The van der Waals surface area contributed by atoms with Gasteiger partial charge < -0.3 is 10.2 Å². The number of hydrogen-bond donors (Lipinski definition) is 2. The van der Waals surface area contributed by atoms with Crippen molar-refractivity contribution < 1.29 is 23.6 Å². The maximum atomic E-state index is 14.5. The number of nitrogens with zero attached hydrogens (tertiary/aromatic N) is 2. The molecule has 0 saturated carbocycles. The number of para-hydroxylation sites is 1. The second-order valence-corrected chi connectivity index (χ2v) is 11.5. The third-order valence-corrected chi connectivity index (χ3v) is 8.29. The van der Waals surface area contributed by atoms with Crippen LogP contribution in [0.4, 0.5) is 21.5 Å². The molecular formula is C32H31FN4O4. The van der Waals surface area contributed by atoms with E-state index in [1.54, 1.807) is 41.3 Å². The summed E-state index contributed by atoms with van der Waals surface area (Å²) in [5.41, 5.74) is 1.60. The van der Waals surface area contributed by atoms with Gasteiger partial charge in [0.1, 0.15) is 11.4 Å². The number of nitrogens with one attached hydrogen (secondary N) is 2. The molecule has 3 aromatic carbocycles. The summed E-state index contributed by atoms with van der Waals surface area (Å²) in [6, 6.07) is 19.5. The molecule has 0 unspecified atom stereocenters. The number of rotatable bonds is 6. The van der Waals surface area contributed by atoms with Crippen LogP contribution in [0.2, 0.25) is 0 Å². The van der Waals surface area contributed by atoms with Crippen molar-refractivity contribution in [2.75, 3.05) is 15.1 Å². The molecule has 41 heavy (non-hydrogen) atoms. The highest BCUT2D eigenvalue weighted by molar-refractivity contribution is 6.26.